The van der Waals surface area contributed by atoms with Crippen LogP contribution in [0.4, 0.5) is 0 Å². The number of carbonyl (C=O) groups is 1. The maximum atomic E-state index is 11.3. The van der Waals surface area contributed by atoms with Crippen molar-refractivity contribution in [2.24, 2.45) is 0 Å². The molecule has 0 bridgehead atoms. The van der Waals surface area contributed by atoms with Gasteiger partial charge in [0.25, 0.3) is 0 Å². The van der Waals surface area contributed by atoms with Crippen LogP contribution in [-0.2, 0) is 9.53 Å². The second-order valence-electron chi connectivity index (χ2n) is 3.21. The number of unbranched alkanes of at least 4 members (excludes halogenated alkanes) is 1. The van der Waals surface area contributed by atoms with E-state index < -0.39 is 6.00 Å². The Balaban J connectivity index is 3.70. The Labute approximate surface area is 106 Å². The Morgan fingerprint density at radius 1 is 1.40 bits per heavy atom. The van der Waals surface area contributed by atoms with Crippen molar-refractivity contribution in [3.8, 4) is 0 Å². The maximum Gasteiger partial charge on any atom is 0.344 e. The number of esters is 1. The third kappa shape index (κ3) is 9.24. The molecule has 0 amide bonds. The van der Waals surface area contributed by atoms with Crippen LogP contribution in [0.5, 0.6) is 0 Å². The van der Waals surface area contributed by atoms with Crippen LogP contribution < -0.4 is 0 Å². The van der Waals surface area contributed by atoms with Crippen LogP contribution in [0, 0.1) is 0 Å². The minimum atomic E-state index is -2.67. The summed E-state index contributed by atoms with van der Waals surface area (Å²) in [6, 6.07) is -2.35. The lowest BCUT2D eigenvalue weighted by atomic mass is 10.1. The van der Waals surface area contributed by atoms with E-state index in [0.717, 1.165) is 12.8 Å². The summed E-state index contributed by atoms with van der Waals surface area (Å²) in [4.78, 5) is 11.3. The second kappa shape index (κ2) is 7.55. The Kier molecular flexibility index (Phi) is 7.70. The van der Waals surface area contributed by atoms with Crippen LogP contribution in [0.1, 0.15) is 26.2 Å². The number of carbonyl (C=O) groups excluding carboxylic acids is 1. The molecule has 0 atom stereocenters. The van der Waals surface area contributed by atoms with Crippen molar-refractivity contribution in [2.45, 2.75) is 32.2 Å². The van der Waals surface area contributed by atoms with E-state index in [2.05, 4.69) is 6.58 Å². The molecule has 0 aliphatic heterocycles. The summed E-state index contributed by atoms with van der Waals surface area (Å²) in [5.41, 5.74) is 0.489. The molecular formula is C9H15Cl3O2Si. The van der Waals surface area contributed by atoms with Crippen molar-refractivity contribution in [1.29, 1.82) is 0 Å². The van der Waals surface area contributed by atoms with E-state index >= 15 is 0 Å². The molecule has 0 fully saturated rings. The fourth-order valence-electron chi connectivity index (χ4n) is 0.854. The molecule has 0 heterocycles. The zero-order valence-electron chi connectivity index (χ0n) is 8.69. The zero-order chi connectivity index (χ0) is 11.9. The summed E-state index contributed by atoms with van der Waals surface area (Å²) in [6.07, 6.45) is 2.63. The Bertz CT molecular complexity index is 226. The van der Waals surface area contributed by atoms with E-state index in [-0.39, 0.29) is 12.6 Å². The van der Waals surface area contributed by atoms with Crippen LogP contribution in [-0.4, -0.2) is 18.6 Å². The predicted molar refractivity (Wildman–Crippen MR) is 67.7 cm³/mol. The van der Waals surface area contributed by atoms with Gasteiger partial charge >= 0.3 is 12.0 Å². The van der Waals surface area contributed by atoms with Gasteiger partial charge < -0.3 is 4.74 Å². The normalized spacial score (nSPS) is 11.2. The van der Waals surface area contributed by atoms with Crippen molar-refractivity contribution in [3.63, 3.8) is 0 Å². The standard InChI is InChI=1S/C9H15Cl3O2Si/c1-3-4-5-8(2)9(13)14-6-7-15(10,11)12/h2-7H2,1H3. The third-order valence-corrected chi connectivity index (χ3v) is 4.21. The molecule has 0 spiro atoms. The Morgan fingerprint density at radius 2 is 2.00 bits per heavy atom. The van der Waals surface area contributed by atoms with Gasteiger partial charge in [-0.1, -0.05) is 19.9 Å². The summed E-state index contributed by atoms with van der Waals surface area (Å²) in [5.74, 6) is -0.383. The molecule has 6 heteroatoms. The molecule has 15 heavy (non-hydrogen) atoms. The monoisotopic (exact) mass is 288 g/mol. The number of hydrogen-bond acceptors (Lipinski definition) is 2. The third-order valence-electron chi connectivity index (χ3n) is 1.74. The number of halogens is 3. The van der Waals surface area contributed by atoms with Gasteiger partial charge in [-0.15, -0.1) is 33.2 Å². The second-order valence-corrected chi connectivity index (χ2v) is 12.5. The first-order chi connectivity index (χ1) is 6.87. The summed E-state index contributed by atoms with van der Waals surface area (Å²) in [6.45, 7) is 5.85. The van der Waals surface area contributed by atoms with Crippen LogP contribution in [0.25, 0.3) is 0 Å². The van der Waals surface area contributed by atoms with Crippen molar-refractivity contribution < 1.29 is 9.53 Å². The van der Waals surface area contributed by atoms with Crippen LogP contribution in [0.15, 0.2) is 12.2 Å². The van der Waals surface area contributed by atoms with E-state index in [1.807, 2.05) is 6.92 Å². The van der Waals surface area contributed by atoms with E-state index in [0.29, 0.717) is 18.0 Å². The molecule has 0 saturated heterocycles. The van der Waals surface area contributed by atoms with Gasteiger partial charge in [0.2, 0.25) is 0 Å². The smallest absolute Gasteiger partial charge is 0.344 e. The van der Waals surface area contributed by atoms with Crippen molar-refractivity contribution in [1.82, 2.24) is 0 Å². The van der Waals surface area contributed by atoms with Crippen molar-refractivity contribution in [2.75, 3.05) is 6.61 Å². The van der Waals surface area contributed by atoms with Crippen molar-refractivity contribution in [3.05, 3.63) is 12.2 Å². The molecule has 0 aliphatic carbocycles. The van der Waals surface area contributed by atoms with Gasteiger partial charge in [-0.2, -0.15) is 0 Å². The van der Waals surface area contributed by atoms with Gasteiger partial charge in [0.05, 0.1) is 6.61 Å². The fourth-order valence-corrected chi connectivity index (χ4v) is 1.88. The van der Waals surface area contributed by atoms with Gasteiger partial charge in [-0.25, -0.2) is 4.79 Å². The molecule has 0 aromatic heterocycles. The molecule has 0 radical (unpaired) electrons. The lowest BCUT2D eigenvalue weighted by Crippen LogP contribution is -2.16. The highest BCUT2D eigenvalue weighted by molar-refractivity contribution is 7.64. The Hall–Kier alpha value is 0.297. The highest BCUT2D eigenvalue weighted by atomic mass is 35.8. The van der Waals surface area contributed by atoms with Crippen LogP contribution >= 0.6 is 33.2 Å². The first-order valence-corrected chi connectivity index (χ1v) is 10.0. The van der Waals surface area contributed by atoms with E-state index in [1.165, 1.54) is 0 Å². The summed E-state index contributed by atoms with van der Waals surface area (Å²) in [7, 11) is 0. The largest absolute Gasteiger partial charge is 0.463 e. The molecule has 0 rings (SSSR count). The quantitative estimate of drug-likeness (QED) is 0.307. The molecule has 0 aromatic carbocycles. The minimum Gasteiger partial charge on any atom is -0.463 e. The number of hydrogen-bond donors (Lipinski definition) is 0. The minimum absolute atomic E-state index is 0.159. The van der Waals surface area contributed by atoms with Gasteiger partial charge in [0.15, 0.2) is 0 Å². The molecular weight excluding hydrogens is 275 g/mol. The van der Waals surface area contributed by atoms with Crippen LogP contribution in [0.3, 0.4) is 0 Å². The van der Waals surface area contributed by atoms with Crippen molar-refractivity contribution >= 4 is 45.2 Å². The lowest BCUT2D eigenvalue weighted by Gasteiger charge is -2.09. The molecule has 88 valence electrons. The zero-order valence-corrected chi connectivity index (χ0v) is 12.0. The highest BCUT2D eigenvalue weighted by Gasteiger charge is 2.25. The molecule has 0 unspecified atom stereocenters. The lowest BCUT2D eigenvalue weighted by molar-refractivity contribution is -0.138. The summed E-state index contributed by atoms with van der Waals surface area (Å²) in [5, 5.41) is 0. The van der Waals surface area contributed by atoms with E-state index in [1.54, 1.807) is 0 Å². The highest BCUT2D eigenvalue weighted by Crippen LogP contribution is 2.24. The molecule has 0 aromatic rings. The maximum absolute atomic E-state index is 11.3. The van der Waals surface area contributed by atoms with Gasteiger partial charge in [0, 0.05) is 11.6 Å². The average Bonchev–Trinajstić information content (AvgIpc) is 2.11. The summed E-state index contributed by atoms with van der Waals surface area (Å²) >= 11 is 16.9. The first kappa shape index (κ1) is 15.3. The summed E-state index contributed by atoms with van der Waals surface area (Å²) < 4.78 is 4.92. The first-order valence-electron chi connectivity index (χ1n) is 4.78. The molecule has 0 aliphatic rings. The Morgan fingerprint density at radius 3 is 2.47 bits per heavy atom. The molecule has 0 N–H and O–H groups in total. The number of rotatable bonds is 7. The number of ether oxygens (including phenoxy) is 1. The van der Waals surface area contributed by atoms with E-state index in [4.69, 9.17) is 38.0 Å². The topological polar surface area (TPSA) is 26.3 Å². The predicted octanol–water partition coefficient (Wildman–Crippen LogP) is 3.93. The van der Waals surface area contributed by atoms with Gasteiger partial charge in [-0.05, 0) is 12.8 Å². The van der Waals surface area contributed by atoms with E-state index in [9.17, 15) is 4.79 Å². The molecule has 2 nitrogen and oxygen atoms in total. The average molecular weight is 290 g/mol. The van der Waals surface area contributed by atoms with Gasteiger partial charge in [0.1, 0.15) is 0 Å². The molecule has 0 saturated carbocycles. The van der Waals surface area contributed by atoms with Gasteiger partial charge in [-0.3, -0.25) is 0 Å². The fraction of sp³-hybridized carbons (Fsp3) is 0.667. The SMILES string of the molecule is C=C(CCCC)C(=O)OCC[Si](Cl)(Cl)Cl. The van der Waals surface area contributed by atoms with Crippen LogP contribution in [0.2, 0.25) is 6.04 Å².